The van der Waals surface area contributed by atoms with Gasteiger partial charge >= 0.3 is 11.7 Å². The highest BCUT2D eigenvalue weighted by molar-refractivity contribution is 7.07. The Kier molecular flexibility index (Phi) is 7.56. The topological polar surface area (TPSA) is 139 Å². The van der Waals surface area contributed by atoms with Crippen LogP contribution in [0.25, 0.3) is 11.0 Å². The standard InChI is InChI=1S/C27H38N6O5SSi/c1-5-6-11-31-21-20(19(14-28)39-30-21)22(34)33(25(31)37)18-7-9-26(10-8-18)15-27(16-26)23(35)32(24(36)29-27)17-38-12-13-40(2,3)4/h18H,5-13,15-17H2,1-4H3,(H,29,36). The molecule has 2 spiro atoms. The van der Waals surface area contributed by atoms with E-state index in [9.17, 15) is 24.4 Å². The Balaban J connectivity index is 1.28. The highest BCUT2D eigenvalue weighted by Crippen LogP contribution is 2.59. The first-order valence-corrected chi connectivity index (χ1v) is 18.7. The van der Waals surface area contributed by atoms with Crippen LogP contribution in [-0.2, 0) is 16.1 Å². The lowest BCUT2D eigenvalue weighted by Crippen LogP contribution is -2.63. The molecule has 2 saturated carbocycles. The zero-order valence-corrected chi connectivity index (χ0v) is 25.6. The van der Waals surface area contributed by atoms with E-state index in [1.807, 2.05) is 6.92 Å². The van der Waals surface area contributed by atoms with Gasteiger partial charge in [0.1, 0.15) is 28.6 Å². The van der Waals surface area contributed by atoms with Crippen molar-refractivity contribution in [2.24, 2.45) is 5.41 Å². The number of hydrogen-bond acceptors (Lipinski definition) is 8. The van der Waals surface area contributed by atoms with E-state index < -0.39 is 25.2 Å². The molecule has 216 valence electrons. The number of aromatic nitrogens is 3. The van der Waals surface area contributed by atoms with Crippen LogP contribution in [0, 0.1) is 16.7 Å². The van der Waals surface area contributed by atoms with Gasteiger partial charge in [-0.2, -0.15) is 9.64 Å². The van der Waals surface area contributed by atoms with E-state index in [-0.39, 0.29) is 40.0 Å². The van der Waals surface area contributed by atoms with Gasteiger partial charge in [-0.15, -0.1) is 0 Å². The highest BCUT2D eigenvalue weighted by Gasteiger charge is 2.64. The fourth-order valence-corrected chi connectivity index (χ4v) is 8.06. The third-order valence-corrected chi connectivity index (χ3v) is 11.3. The molecular formula is C27H38N6O5SSi. The summed E-state index contributed by atoms with van der Waals surface area (Å²) in [6.45, 7) is 9.74. The van der Waals surface area contributed by atoms with Crippen molar-refractivity contribution in [1.82, 2.24) is 23.7 Å². The van der Waals surface area contributed by atoms with Crippen molar-refractivity contribution in [1.29, 1.82) is 5.26 Å². The summed E-state index contributed by atoms with van der Waals surface area (Å²) in [7, 11) is -1.27. The van der Waals surface area contributed by atoms with Crippen LogP contribution in [0.3, 0.4) is 0 Å². The Morgan fingerprint density at radius 2 is 1.88 bits per heavy atom. The Hall–Kier alpha value is -2.82. The average Bonchev–Trinajstić information content (AvgIpc) is 3.41. The summed E-state index contributed by atoms with van der Waals surface area (Å²) in [6.07, 6.45) is 5.51. The Morgan fingerprint density at radius 1 is 1.18 bits per heavy atom. The lowest BCUT2D eigenvalue weighted by molar-refractivity contribution is -0.145. The van der Waals surface area contributed by atoms with Crippen LogP contribution in [-0.4, -0.2) is 57.3 Å². The minimum atomic E-state index is -1.27. The van der Waals surface area contributed by atoms with Crippen LogP contribution in [0.2, 0.25) is 25.7 Å². The maximum atomic E-state index is 13.5. The highest BCUT2D eigenvalue weighted by atomic mass is 32.1. The fourth-order valence-electron chi connectivity index (χ4n) is 6.63. The SMILES string of the molecule is CCCCn1c(=O)n(C2CCC3(CC2)CC2(C3)NC(=O)N(COCC[Si](C)(C)C)C2=O)c(=O)c2c(C#N)snc21. The van der Waals surface area contributed by atoms with Crippen molar-refractivity contribution < 1.29 is 14.3 Å². The summed E-state index contributed by atoms with van der Waals surface area (Å²) in [5.74, 6) is -0.215. The molecule has 3 amide bonds. The number of nitriles is 1. The number of rotatable bonds is 9. The summed E-state index contributed by atoms with van der Waals surface area (Å²) < 4.78 is 12.9. The molecule has 3 fully saturated rings. The number of aryl methyl sites for hydroxylation is 1. The normalized spacial score (nSPS) is 26.5. The summed E-state index contributed by atoms with van der Waals surface area (Å²) in [6, 6.07) is 2.35. The summed E-state index contributed by atoms with van der Waals surface area (Å²) in [5, 5.41) is 12.7. The smallest absolute Gasteiger partial charge is 0.332 e. The minimum absolute atomic E-state index is 0.0240. The van der Waals surface area contributed by atoms with Crippen LogP contribution >= 0.6 is 11.5 Å². The predicted molar refractivity (Wildman–Crippen MR) is 154 cm³/mol. The van der Waals surface area contributed by atoms with Gasteiger partial charge in [0.15, 0.2) is 5.65 Å². The Bertz CT molecular complexity index is 1480. The van der Waals surface area contributed by atoms with Gasteiger partial charge in [0.05, 0.1) is 0 Å². The average molecular weight is 587 g/mol. The zero-order valence-electron chi connectivity index (χ0n) is 23.7. The number of nitrogens with zero attached hydrogens (tertiary/aromatic N) is 5. The maximum Gasteiger partial charge on any atom is 0.332 e. The first-order valence-electron chi connectivity index (χ1n) is 14.2. The minimum Gasteiger partial charge on any atom is -0.361 e. The second kappa shape index (κ2) is 10.5. The molecule has 0 unspecified atom stereocenters. The molecule has 1 N–H and O–H groups in total. The van der Waals surface area contributed by atoms with Crippen LogP contribution in [0.1, 0.15) is 69.2 Å². The third-order valence-electron chi connectivity index (χ3n) is 8.83. The van der Waals surface area contributed by atoms with Crippen molar-refractivity contribution in [3.05, 3.63) is 25.7 Å². The quantitative estimate of drug-likeness (QED) is 0.268. The molecular weight excluding hydrogens is 548 g/mol. The van der Waals surface area contributed by atoms with Crippen molar-refractivity contribution in [3.8, 4) is 6.07 Å². The van der Waals surface area contributed by atoms with Gasteiger partial charge in [-0.3, -0.25) is 18.7 Å². The predicted octanol–water partition coefficient (Wildman–Crippen LogP) is 3.79. The lowest BCUT2D eigenvalue weighted by atomic mass is 9.51. The maximum absolute atomic E-state index is 13.5. The number of carbonyl (C=O) groups excluding carboxylic acids is 2. The van der Waals surface area contributed by atoms with E-state index in [2.05, 4.69) is 35.4 Å². The number of hydrogen-bond donors (Lipinski definition) is 1. The van der Waals surface area contributed by atoms with Crippen LogP contribution < -0.4 is 16.6 Å². The largest absolute Gasteiger partial charge is 0.361 e. The number of amides is 3. The van der Waals surface area contributed by atoms with E-state index >= 15 is 0 Å². The Labute approximate surface area is 238 Å². The molecule has 2 aliphatic carbocycles. The van der Waals surface area contributed by atoms with Crippen LogP contribution in [0.5, 0.6) is 0 Å². The monoisotopic (exact) mass is 586 g/mol. The van der Waals surface area contributed by atoms with Crippen LogP contribution in [0.15, 0.2) is 9.59 Å². The van der Waals surface area contributed by atoms with Crippen molar-refractivity contribution in [2.75, 3.05) is 13.3 Å². The summed E-state index contributed by atoms with van der Waals surface area (Å²) in [4.78, 5) is 54.3. The van der Waals surface area contributed by atoms with Gasteiger partial charge in [-0.1, -0.05) is 33.0 Å². The van der Waals surface area contributed by atoms with E-state index in [1.165, 1.54) is 9.47 Å². The third kappa shape index (κ3) is 4.94. The molecule has 3 aliphatic rings. The molecule has 5 rings (SSSR count). The molecule has 2 aromatic rings. The van der Waals surface area contributed by atoms with Gasteiger partial charge in [0.2, 0.25) is 0 Å². The number of ether oxygens (including phenoxy) is 1. The second-order valence-electron chi connectivity index (χ2n) is 13.0. The molecule has 0 radical (unpaired) electrons. The molecule has 2 aromatic heterocycles. The lowest BCUT2D eigenvalue weighted by Gasteiger charge is -2.55. The van der Waals surface area contributed by atoms with E-state index in [4.69, 9.17) is 4.74 Å². The number of nitrogens with one attached hydrogen (secondary N) is 1. The fraction of sp³-hybridized carbons (Fsp3) is 0.704. The molecule has 40 heavy (non-hydrogen) atoms. The van der Waals surface area contributed by atoms with E-state index in [0.29, 0.717) is 44.5 Å². The molecule has 0 aromatic carbocycles. The molecule has 3 heterocycles. The molecule has 1 aliphatic heterocycles. The van der Waals surface area contributed by atoms with Gasteiger partial charge in [-0.25, -0.2) is 14.5 Å². The second-order valence-corrected chi connectivity index (χ2v) is 19.4. The van der Waals surface area contributed by atoms with Crippen LogP contribution in [0.4, 0.5) is 4.79 Å². The summed E-state index contributed by atoms with van der Waals surface area (Å²) >= 11 is 0.958. The number of urea groups is 1. The van der Waals surface area contributed by atoms with E-state index in [1.54, 1.807) is 4.57 Å². The van der Waals surface area contributed by atoms with Gasteiger partial charge in [0.25, 0.3) is 11.5 Å². The zero-order chi connectivity index (χ0) is 28.9. The van der Waals surface area contributed by atoms with Crippen molar-refractivity contribution in [2.45, 2.75) is 102 Å². The number of fused-ring (bicyclic) bond motifs is 1. The Morgan fingerprint density at radius 3 is 2.50 bits per heavy atom. The molecule has 1 saturated heterocycles. The first kappa shape index (κ1) is 28.7. The summed E-state index contributed by atoms with van der Waals surface area (Å²) in [5.41, 5.74) is -1.48. The number of unbranched alkanes of at least 4 members (excludes halogenated alkanes) is 1. The molecule has 13 heteroatoms. The molecule has 11 nitrogen and oxygen atoms in total. The van der Waals surface area contributed by atoms with Crippen molar-refractivity contribution >= 4 is 42.6 Å². The van der Waals surface area contributed by atoms with Gasteiger partial charge in [0, 0.05) is 27.3 Å². The van der Waals surface area contributed by atoms with Crippen molar-refractivity contribution in [3.63, 3.8) is 0 Å². The number of imide groups is 1. The molecule has 0 bridgehead atoms. The number of carbonyl (C=O) groups is 2. The van der Waals surface area contributed by atoms with Gasteiger partial charge in [-0.05, 0) is 67.9 Å². The first-order chi connectivity index (χ1) is 18.9. The molecule has 0 atom stereocenters. The van der Waals surface area contributed by atoms with E-state index in [0.717, 1.165) is 43.3 Å². The van der Waals surface area contributed by atoms with Gasteiger partial charge < -0.3 is 10.1 Å².